The van der Waals surface area contributed by atoms with Gasteiger partial charge in [-0.1, -0.05) is 0 Å². The number of aliphatic hydroxyl groups excluding tert-OH is 3. The van der Waals surface area contributed by atoms with E-state index in [4.69, 9.17) is 18.7 Å². The van der Waals surface area contributed by atoms with E-state index in [2.05, 4.69) is 29.3 Å². The Morgan fingerprint density at radius 2 is 1.39 bits per heavy atom. The number of imidazole rings is 1. The molecule has 4 heterocycles. The molecule has 23 nitrogen and oxygen atoms in total. The van der Waals surface area contributed by atoms with E-state index in [-0.39, 0.29) is 11.2 Å². The molecule has 6 aliphatic rings. The van der Waals surface area contributed by atoms with E-state index in [1.807, 2.05) is 0 Å². The number of nitrogens with one attached hydrogen (secondary N) is 1. The molecule has 2 saturated heterocycles. The van der Waals surface area contributed by atoms with Crippen molar-refractivity contribution < 1.29 is 86.2 Å². The maximum atomic E-state index is 12.3. The van der Waals surface area contributed by atoms with Crippen LogP contribution in [0, 0.1) is 17.8 Å². The molecule has 2 aromatic heterocycles. The van der Waals surface area contributed by atoms with Crippen LogP contribution in [0.4, 0.5) is 5.82 Å². The number of phosphoric ester groups is 3. The molecule has 10 N–H and O–H groups in total. The van der Waals surface area contributed by atoms with Gasteiger partial charge in [-0.2, -0.15) is 0 Å². The fraction of sp³-hybridized carbons (Fsp3) is 0.800. The van der Waals surface area contributed by atoms with Gasteiger partial charge in [0, 0.05) is 5.54 Å². The SMILES string of the molecule is O=P(O)(O)O[C@@H]1[C@@H](O)[C@@H](O[C@H]2[C@@H](OP(=O)(O)O)[C@H](n3cnc4c(NC56C[C@@H]7CC5C[C@@H](C7)C6)ncnc43)O[C@@H]2CO)O[C@H](CO)[C@H]1OP(=O)(O)O. The van der Waals surface area contributed by atoms with E-state index >= 15 is 0 Å². The molecular weight excluding hydrogens is 751 g/mol. The first-order valence-corrected chi connectivity index (χ1v) is 20.5. The van der Waals surface area contributed by atoms with Gasteiger partial charge in [0.25, 0.3) is 0 Å². The van der Waals surface area contributed by atoms with Crippen LogP contribution < -0.4 is 5.32 Å². The van der Waals surface area contributed by atoms with Gasteiger partial charge >= 0.3 is 23.5 Å². The van der Waals surface area contributed by atoms with Crippen LogP contribution in [0.3, 0.4) is 0 Å². The topological polar surface area (TPSA) is 344 Å². The Morgan fingerprint density at radius 3 is 2.00 bits per heavy atom. The molecular formula is C25H38N5O18P3. The zero-order valence-corrected chi connectivity index (χ0v) is 29.0. The van der Waals surface area contributed by atoms with E-state index in [0.29, 0.717) is 29.1 Å². The van der Waals surface area contributed by atoms with Crippen LogP contribution in [0.2, 0.25) is 0 Å². The molecule has 8 rings (SSSR count). The van der Waals surface area contributed by atoms with E-state index < -0.39 is 91.9 Å². The third-order valence-electron chi connectivity index (χ3n) is 10.3. The van der Waals surface area contributed by atoms with Crippen LogP contribution in [0.25, 0.3) is 11.2 Å². The molecule has 6 fully saturated rings. The molecule has 2 unspecified atom stereocenters. The number of rotatable bonds is 13. The van der Waals surface area contributed by atoms with Crippen molar-refractivity contribution in [3.63, 3.8) is 0 Å². The van der Waals surface area contributed by atoms with Crippen LogP contribution in [-0.4, -0.2) is 132 Å². The number of hydrogen-bond acceptors (Lipinski definition) is 16. The molecule has 2 aliphatic heterocycles. The number of anilines is 1. The van der Waals surface area contributed by atoms with Crippen molar-refractivity contribution in [2.24, 2.45) is 17.8 Å². The normalized spacial score (nSPS) is 39.7. The number of fused-ring (bicyclic) bond motifs is 1. The Balaban J connectivity index is 1.19. The quantitative estimate of drug-likeness (QED) is 0.104. The highest BCUT2D eigenvalue weighted by atomic mass is 31.2. The summed E-state index contributed by atoms with van der Waals surface area (Å²) in [4.78, 5) is 70.7. The molecule has 0 radical (unpaired) electrons. The lowest BCUT2D eigenvalue weighted by atomic mass is 9.80. The Morgan fingerprint density at radius 1 is 0.804 bits per heavy atom. The van der Waals surface area contributed by atoms with Gasteiger partial charge in [0.1, 0.15) is 49.1 Å². The first-order valence-electron chi connectivity index (χ1n) is 15.9. The van der Waals surface area contributed by atoms with E-state index in [1.54, 1.807) is 0 Å². The molecule has 0 amide bonds. The average Bonchev–Trinajstić information content (AvgIpc) is 3.71. The summed E-state index contributed by atoms with van der Waals surface area (Å²) in [5, 5.41) is 34.9. The Labute approximate surface area is 287 Å². The lowest BCUT2D eigenvalue weighted by Crippen LogP contribution is -2.61. The molecule has 2 aromatic rings. The van der Waals surface area contributed by atoms with Crippen molar-refractivity contribution in [1.29, 1.82) is 0 Å². The largest absolute Gasteiger partial charge is 0.470 e. The molecule has 13 atom stereocenters. The van der Waals surface area contributed by atoms with Gasteiger partial charge in [-0.3, -0.25) is 18.1 Å². The lowest BCUT2D eigenvalue weighted by Gasteiger charge is -2.44. The van der Waals surface area contributed by atoms with Crippen LogP contribution in [-0.2, 0) is 41.5 Å². The molecule has 0 aromatic carbocycles. The van der Waals surface area contributed by atoms with Crippen molar-refractivity contribution in [3.05, 3.63) is 12.7 Å². The minimum Gasteiger partial charge on any atom is -0.394 e. The van der Waals surface area contributed by atoms with Crippen molar-refractivity contribution in [2.45, 2.75) is 92.9 Å². The fourth-order valence-corrected chi connectivity index (χ4v) is 10.4. The van der Waals surface area contributed by atoms with Crippen LogP contribution in [0.5, 0.6) is 0 Å². The van der Waals surface area contributed by atoms with Crippen molar-refractivity contribution >= 4 is 40.4 Å². The number of aromatic nitrogens is 4. The molecule has 26 heteroatoms. The average molecular weight is 790 g/mol. The maximum absolute atomic E-state index is 12.3. The molecule has 286 valence electrons. The number of nitrogens with zero attached hydrogens (tertiary/aromatic N) is 4. The second-order valence-corrected chi connectivity index (χ2v) is 17.2. The number of phosphoric acid groups is 3. The molecule has 4 bridgehead atoms. The van der Waals surface area contributed by atoms with Gasteiger partial charge in [-0.05, 0) is 49.9 Å². The lowest BCUT2D eigenvalue weighted by molar-refractivity contribution is -0.313. The summed E-state index contributed by atoms with van der Waals surface area (Å²) in [5.41, 5.74) is 0.330. The van der Waals surface area contributed by atoms with E-state index in [9.17, 15) is 58.4 Å². The predicted octanol–water partition coefficient (Wildman–Crippen LogP) is -1.40. The molecule has 4 saturated carbocycles. The zero-order chi connectivity index (χ0) is 36.7. The van der Waals surface area contributed by atoms with Gasteiger partial charge in [-0.15, -0.1) is 0 Å². The molecule has 4 aliphatic carbocycles. The summed E-state index contributed by atoms with van der Waals surface area (Å²) in [6, 6.07) is 0. The third kappa shape index (κ3) is 7.57. The Kier molecular flexibility index (Phi) is 10.1. The third-order valence-corrected chi connectivity index (χ3v) is 11.9. The van der Waals surface area contributed by atoms with Crippen molar-refractivity contribution in [2.75, 3.05) is 18.5 Å². The minimum absolute atomic E-state index is 0.139. The zero-order valence-electron chi connectivity index (χ0n) is 26.4. The van der Waals surface area contributed by atoms with Gasteiger partial charge in [0.2, 0.25) is 0 Å². The number of hydrogen-bond donors (Lipinski definition) is 10. The summed E-state index contributed by atoms with van der Waals surface area (Å²) in [7, 11) is -16.4. The summed E-state index contributed by atoms with van der Waals surface area (Å²) in [6.07, 6.45) is -9.37. The number of ether oxygens (including phenoxy) is 3. The van der Waals surface area contributed by atoms with E-state index in [0.717, 1.165) is 25.7 Å². The maximum Gasteiger partial charge on any atom is 0.470 e. The van der Waals surface area contributed by atoms with Gasteiger partial charge in [-0.25, -0.2) is 28.6 Å². The van der Waals surface area contributed by atoms with Crippen LogP contribution >= 0.6 is 23.5 Å². The van der Waals surface area contributed by atoms with Crippen molar-refractivity contribution in [1.82, 2.24) is 19.5 Å². The van der Waals surface area contributed by atoms with Crippen molar-refractivity contribution in [3.8, 4) is 0 Å². The van der Waals surface area contributed by atoms with Gasteiger partial charge in [0.05, 0.1) is 19.5 Å². The standard InChI is InChI=1S/C25H38N5O18P3/c31-6-13-17(45-24-16(33)19(47-50(37,38)39)18(14(7-32)44-24)46-49(34,35)36)20(48-51(40,41)42)23(43-13)30-9-28-15-21(26-8-27-22(15)30)29-25-4-10-1-11(5-25)3-12(25)2-10/h8-14,16-20,23-24,31-33H,1-7H2,(H,26,27,29)(H2,34,35,36)(H2,37,38,39)(H2,40,41,42)/t10-,11+,12?,13-,14-,16-,17-,18-,19-,20-,23-,24-,25?/m1/s1. The Bertz CT molecular complexity index is 1740. The van der Waals surface area contributed by atoms with Gasteiger partial charge in [0.15, 0.2) is 29.5 Å². The molecule has 0 spiro atoms. The molecule has 51 heavy (non-hydrogen) atoms. The summed E-state index contributed by atoms with van der Waals surface area (Å²) >= 11 is 0. The number of aliphatic hydroxyl groups is 3. The van der Waals surface area contributed by atoms with Crippen LogP contribution in [0.15, 0.2) is 12.7 Å². The van der Waals surface area contributed by atoms with E-state index in [1.165, 1.54) is 23.6 Å². The first kappa shape index (κ1) is 37.7. The van der Waals surface area contributed by atoms with Crippen LogP contribution in [0.1, 0.15) is 38.3 Å². The second-order valence-electron chi connectivity index (χ2n) is 13.6. The minimum atomic E-state index is -5.53. The highest BCUT2D eigenvalue weighted by molar-refractivity contribution is 7.46. The monoisotopic (exact) mass is 789 g/mol. The highest BCUT2D eigenvalue weighted by Crippen LogP contribution is 2.61. The first-order chi connectivity index (χ1) is 23.9. The highest BCUT2D eigenvalue weighted by Gasteiger charge is 2.59. The predicted molar refractivity (Wildman–Crippen MR) is 164 cm³/mol. The van der Waals surface area contributed by atoms with Gasteiger partial charge < -0.3 is 64.2 Å². The summed E-state index contributed by atoms with van der Waals surface area (Å²) < 4.78 is 68.3. The summed E-state index contributed by atoms with van der Waals surface area (Å²) in [6.45, 7) is -1.99. The summed E-state index contributed by atoms with van der Waals surface area (Å²) in [5.74, 6) is 2.21. The second kappa shape index (κ2) is 13.6. The Hall–Kier alpha value is -1.56. The smallest absolute Gasteiger partial charge is 0.394 e. The fourth-order valence-electron chi connectivity index (χ4n) is 8.75.